The SMILES string of the molecule is C[C@H](c1nc2ccccc2s1)N(C)Cc1nc2ccccc2s1. The molecule has 0 spiro atoms. The van der Waals surface area contributed by atoms with E-state index in [1.807, 2.05) is 12.1 Å². The second-order valence-corrected chi connectivity index (χ2v) is 7.86. The predicted octanol–water partition coefficient (Wildman–Crippen LogP) is 5.10. The molecule has 2 aromatic heterocycles. The largest absolute Gasteiger partial charge is 0.291 e. The van der Waals surface area contributed by atoms with Crippen molar-refractivity contribution < 1.29 is 0 Å². The first kappa shape index (κ1) is 14.8. The molecule has 0 fully saturated rings. The van der Waals surface area contributed by atoms with Crippen molar-refractivity contribution in [1.29, 1.82) is 0 Å². The van der Waals surface area contributed by atoms with Gasteiger partial charge in [0.25, 0.3) is 0 Å². The molecule has 0 unspecified atom stereocenters. The van der Waals surface area contributed by atoms with Crippen molar-refractivity contribution in [2.75, 3.05) is 7.05 Å². The lowest BCUT2D eigenvalue weighted by atomic mass is 10.3. The van der Waals surface area contributed by atoms with Crippen LogP contribution in [0.1, 0.15) is 23.0 Å². The van der Waals surface area contributed by atoms with Crippen LogP contribution in [0.2, 0.25) is 0 Å². The van der Waals surface area contributed by atoms with Crippen molar-refractivity contribution >= 4 is 43.1 Å². The molecule has 0 N–H and O–H groups in total. The van der Waals surface area contributed by atoms with E-state index in [9.17, 15) is 0 Å². The Morgan fingerprint density at radius 3 is 2.17 bits per heavy atom. The zero-order valence-electron chi connectivity index (χ0n) is 13.1. The Hall–Kier alpha value is -1.82. The first-order chi connectivity index (χ1) is 11.2. The number of hydrogen-bond acceptors (Lipinski definition) is 5. The Morgan fingerprint density at radius 1 is 0.913 bits per heavy atom. The quantitative estimate of drug-likeness (QED) is 0.518. The molecule has 3 nitrogen and oxygen atoms in total. The van der Waals surface area contributed by atoms with E-state index in [1.165, 1.54) is 9.40 Å². The lowest BCUT2D eigenvalue weighted by Crippen LogP contribution is -2.21. The van der Waals surface area contributed by atoms with Crippen molar-refractivity contribution in [3.63, 3.8) is 0 Å². The van der Waals surface area contributed by atoms with Crippen molar-refractivity contribution in [3.8, 4) is 0 Å². The van der Waals surface area contributed by atoms with Crippen LogP contribution in [-0.2, 0) is 6.54 Å². The molecule has 0 radical (unpaired) electrons. The summed E-state index contributed by atoms with van der Waals surface area (Å²) in [6.07, 6.45) is 0. The predicted molar refractivity (Wildman–Crippen MR) is 99.1 cm³/mol. The van der Waals surface area contributed by atoms with Crippen molar-refractivity contribution in [3.05, 3.63) is 58.5 Å². The van der Waals surface area contributed by atoms with Crippen LogP contribution in [-0.4, -0.2) is 21.9 Å². The second kappa shape index (κ2) is 6.00. The molecule has 0 saturated carbocycles. The van der Waals surface area contributed by atoms with E-state index in [0.29, 0.717) is 0 Å². The van der Waals surface area contributed by atoms with Gasteiger partial charge in [-0.1, -0.05) is 24.3 Å². The third-order valence-corrected chi connectivity index (χ3v) is 6.28. The van der Waals surface area contributed by atoms with Gasteiger partial charge < -0.3 is 0 Å². The third kappa shape index (κ3) is 2.87. The van der Waals surface area contributed by atoms with Gasteiger partial charge in [0.2, 0.25) is 0 Å². The number of benzene rings is 2. The highest BCUT2D eigenvalue weighted by atomic mass is 32.1. The molecular formula is C18H17N3S2. The summed E-state index contributed by atoms with van der Waals surface area (Å²) < 4.78 is 2.51. The first-order valence-corrected chi connectivity index (χ1v) is 9.24. The smallest absolute Gasteiger partial charge is 0.111 e. The molecule has 5 heteroatoms. The van der Waals surface area contributed by atoms with Gasteiger partial charge in [0.15, 0.2) is 0 Å². The van der Waals surface area contributed by atoms with E-state index in [2.05, 4.69) is 55.3 Å². The van der Waals surface area contributed by atoms with Gasteiger partial charge in [-0.2, -0.15) is 0 Å². The summed E-state index contributed by atoms with van der Waals surface area (Å²) in [5.41, 5.74) is 2.18. The summed E-state index contributed by atoms with van der Waals surface area (Å²) in [6.45, 7) is 3.06. The van der Waals surface area contributed by atoms with Crippen LogP contribution < -0.4 is 0 Å². The maximum Gasteiger partial charge on any atom is 0.111 e. The average Bonchev–Trinajstić information content (AvgIpc) is 3.16. The molecule has 0 aliphatic carbocycles. The number of aromatic nitrogens is 2. The van der Waals surface area contributed by atoms with Crippen LogP contribution in [0.25, 0.3) is 20.4 Å². The van der Waals surface area contributed by atoms with Gasteiger partial charge in [0.1, 0.15) is 10.0 Å². The standard InChI is InChI=1S/C18H17N3S2/c1-12(18-20-14-8-4-6-10-16(14)23-18)21(2)11-17-19-13-7-3-5-9-15(13)22-17/h3-10,12H,11H2,1-2H3/t12-/m1/s1. The molecule has 4 aromatic rings. The highest BCUT2D eigenvalue weighted by molar-refractivity contribution is 7.19. The van der Waals surface area contributed by atoms with Crippen molar-refractivity contribution in [2.45, 2.75) is 19.5 Å². The average molecular weight is 339 g/mol. The molecule has 4 rings (SSSR count). The zero-order valence-corrected chi connectivity index (χ0v) is 14.7. The molecular weight excluding hydrogens is 322 g/mol. The minimum Gasteiger partial charge on any atom is -0.291 e. The topological polar surface area (TPSA) is 29.0 Å². The molecule has 0 saturated heterocycles. The number of nitrogens with zero attached hydrogens (tertiary/aromatic N) is 3. The first-order valence-electron chi connectivity index (χ1n) is 7.61. The Kier molecular flexibility index (Phi) is 3.85. The Labute approximate surface area is 143 Å². The lowest BCUT2D eigenvalue weighted by Gasteiger charge is -2.21. The third-order valence-electron chi connectivity index (χ3n) is 4.05. The maximum absolute atomic E-state index is 4.78. The number of fused-ring (bicyclic) bond motifs is 2. The Balaban J connectivity index is 1.56. The summed E-state index contributed by atoms with van der Waals surface area (Å²) in [5, 5.41) is 2.32. The molecule has 0 aliphatic heterocycles. The highest BCUT2D eigenvalue weighted by Gasteiger charge is 2.17. The summed E-state index contributed by atoms with van der Waals surface area (Å²) in [4.78, 5) is 11.8. The van der Waals surface area contributed by atoms with E-state index < -0.39 is 0 Å². The van der Waals surface area contributed by atoms with E-state index in [4.69, 9.17) is 9.97 Å². The molecule has 0 amide bonds. The van der Waals surface area contributed by atoms with Gasteiger partial charge >= 0.3 is 0 Å². The highest BCUT2D eigenvalue weighted by Crippen LogP contribution is 2.30. The molecule has 116 valence electrons. The number of rotatable bonds is 4. The fraction of sp³-hybridized carbons (Fsp3) is 0.222. The molecule has 1 atom stereocenters. The van der Waals surface area contributed by atoms with Crippen molar-refractivity contribution in [1.82, 2.24) is 14.9 Å². The zero-order chi connectivity index (χ0) is 15.8. The van der Waals surface area contributed by atoms with E-state index in [0.717, 1.165) is 27.6 Å². The molecule has 2 aromatic carbocycles. The fourth-order valence-corrected chi connectivity index (χ4v) is 4.71. The van der Waals surface area contributed by atoms with E-state index in [1.54, 1.807) is 22.7 Å². The number of hydrogen-bond donors (Lipinski definition) is 0. The van der Waals surface area contributed by atoms with Gasteiger partial charge in [0.05, 0.1) is 33.0 Å². The van der Waals surface area contributed by atoms with Crippen LogP contribution >= 0.6 is 22.7 Å². The molecule has 0 aliphatic rings. The Bertz CT molecular complexity index is 891. The Morgan fingerprint density at radius 2 is 1.52 bits per heavy atom. The van der Waals surface area contributed by atoms with Crippen LogP contribution in [0.3, 0.4) is 0 Å². The summed E-state index contributed by atoms with van der Waals surface area (Å²) in [6, 6.07) is 16.9. The second-order valence-electron chi connectivity index (χ2n) is 5.69. The minimum atomic E-state index is 0.277. The van der Waals surface area contributed by atoms with Crippen LogP contribution in [0.4, 0.5) is 0 Å². The van der Waals surface area contributed by atoms with Crippen LogP contribution in [0.5, 0.6) is 0 Å². The van der Waals surface area contributed by atoms with Gasteiger partial charge in [-0.05, 0) is 38.2 Å². The van der Waals surface area contributed by atoms with Gasteiger partial charge in [-0.15, -0.1) is 22.7 Å². The van der Waals surface area contributed by atoms with Crippen molar-refractivity contribution in [2.24, 2.45) is 0 Å². The van der Waals surface area contributed by atoms with Gasteiger partial charge in [-0.25, -0.2) is 9.97 Å². The number of para-hydroxylation sites is 2. The monoisotopic (exact) mass is 339 g/mol. The lowest BCUT2D eigenvalue weighted by molar-refractivity contribution is 0.252. The van der Waals surface area contributed by atoms with Crippen LogP contribution in [0.15, 0.2) is 48.5 Å². The molecule has 23 heavy (non-hydrogen) atoms. The van der Waals surface area contributed by atoms with Gasteiger partial charge in [0, 0.05) is 0 Å². The summed E-state index contributed by atoms with van der Waals surface area (Å²) in [5.74, 6) is 0. The number of thiazole rings is 2. The maximum atomic E-state index is 4.78. The molecule has 2 heterocycles. The van der Waals surface area contributed by atoms with E-state index >= 15 is 0 Å². The fourth-order valence-electron chi connectivity index (χ4n) is 2.60. The molecule has 0 bridgehead atoms. The van der Waals surface area contributed by atoms with E-state index in [-0.39, 0.29) is 6.04 Å². The summed E-state index contributed by atoms with van der Waals surface area (Å²) >= 11 is 3.55. The van der Waals surface area contributed by atoms with Gasteiger partial charge in [-0.3, -0.25) is 4.90 Å². The normalized spacial score (nSPS) is 13.2. The summed E-state index contributed by atoms with van der Waals surface area (Å²) in [7, 11) is 2.14. The minimum absolute atomic E-state index is 0.277. The van der Waals surface area contributed by atoms with Crippen LogP contribution in [0, 0.1) is 0 Å².